The average Bonchev–Trinajstić information content (AvgIpc) is 2.28. The van der Waals surface area contributed by atoms with Crippen LogP contribution in [0.2, 0.25) is 0 Å². The molecule has 0 radical (unpaired) electrons. The summed E-state index contributed by atoms with van der Waals surface area (Å²) in [6, 6.07) is 3.36. The lowest BCUT2D eigenvalue weighted by molar-refractivity contribution is 0.398. The number of hydrogen-bond donors (Lipinski definition) is 1. The SMILES string of the molecule is CCCCCCn1c(O)cc(C)c(C#N)c1=O. The van der Waals surface area contributed by atoms with E-state index >= 15 is 0 Å². The molecule has 0 unspecified atom stereocenters. The van der Waals surface area contributed by atoms with E-state index in [1.807, 2.05) is 6.07 Å². The summed E-state index contributed by atoms with van der Waals surface area (Å²) in [6.07, 6.45) is 4.11. The first-order valence-electron chi connectivity index (χ1n) is 5.95. The molecule has 0 aromatic carbocycles. The lowest BCUT2D eigenvalue weighted by Crippen LogP contribution is -2.23. The number of nitrogens with zero attached hydrogens (tertiary/aromatic N) is 2. The standard InChI is InChI=1S/C13H18N2O2/c1-3-4-5-6-7-15-12(16)8-10(2)11(9-14)13(15)17/h8,16H,3-7H2,1-2H3. The van der Waals surface area contributed by atoms with Crippen molar-refractivity contribution in [2.75, 3.05) is 0 Å². The molecule has 0 fully saturated rings. The minimum atomic E-state index is -0.388. The number of aromatic hydroxyl groups is 1. The summed E-state index contributed by atoms with van der Waals surface area (Å²) in [5.41, 5.74) is 0.264. The van der Waals surface area contributed by atoms with E-state index < -0.39 is 0 Å². The zero-order valence-corrected chi connectivity index (χ0v) is 10.4. The van der Waals surface area contributed by atoms with Crippen molar-refractivity contribution in [1.29, 1.82) is 5.26 Å². The monoisotopic (exact) mass is 234 g/mol. The van der Waals surface area contributed by atoms with Gasteiger partial charge in [-0.3, -0.25) is 9.36 Å². The van der Waals surface area contributed by atoms with Crippen molar-refractivity contribution in [3.05, 3.63) is 27.5 Å². The van der Waals surface area contributed by atoms with Gasteiger partial charge in [0.15, 0.2) is 5.88 Å². The van der Waals surface area contributed by atoms with Gasteiger partial charge in [-0.15, -0.1) is 0 Å². The second-order valence-corrected chi connectivity index (χ2v) is 4.19. The number of rotatable bonds is 5. The third kappa shape index (κ3) is 3.10. The van der Waals surface area contributed by atoms with E-state index in [0.29, 0.717) is 12.1 Å². The van der Waals surface area contributed by atoms with Crippen molar-refractivity contribution in [2.45, 2.75) is 46.1 Å². The molecule has 0 spiro atoms. The lowest BCUT2D eigenvalue weighted by atomic mass is 10.1. The summed E-state index contributed by atoms with van der Waals surface area (Å²) in [6.45, 7) is 4.24. The zero-order chi connectivity index (χ0) is 12.8. The van der Waals surface area contributed by atoms with E-state index in [9.17, 15) is 9.90 Å². The molecule has 0 atom stereocenters. The number of unbranched alkanes of at least 4 members (excludes halogenated alkanes) is 3. The van der Waals surface area contributed by atoms with E-state index in [1.54, 1.807) is 6.92 Å². The van der Waals surface area contributed by atoms with Crippen LogP contribution in [0.1, 0.15) is 43.7 Å². The highest BCUT2D eigenvalue weighted by Gasteiger charge is 2.10. The van der Waals surface area contributed by atoms with Crippen LogP contribution in [0.25, 0.3) is 0 Å². The zero-order valence-electron chi connectivity index (χ0n) is 10.4. The molecule has 0 aliphatic carbocycles. The molecule has 0 aliphatic rings. The summed E-state index contributed by atoms with van der Waals surface area (Å²) >= 11 is 0. The van der Waals surface area contributed by atoms with Crippen molar-refractivity contribution in [1.82, 2.24) is 4.57 Å². The molecule has 1 rings (SSSR count). The van der Waals surface area contributed by atoms with Crippen molar-refractivity contribution in [3.63, 3.8) is 0 Å². The summed E-state index contributed by atoms with van der Waals surface area (Å²) < 4.78 is 1.28. The van der Waals surface area contributed by atoms with Gasteiger partial charge in [-0.25, -0.2) is 0 Å². The maximum Gasteiger partial charge on any atom is 0.271 e. The Morgan fingerprint density at radius 1 is 1.41 bits per heavy atom. The van der Waals surface area contributed by atoms with Crippen LogP contribution in [0.4, 0.5) is 0 Å². The van der Waals surface area contributed by atoms with Gasteiger partial charge in [0.2, 0.25) is 0 Å². The summed E-state index contributed by atoms with van der Waals surface area (Å²) in [7, 11) is 0. The van der Waals surface area contributed by atoms with Crippen LogP contribution < -0.4 is 5.56 Å². The molecule has 1 aromatic heterocycles. The lowest BCUT2D eigenvalue weighted by Gasteiger charge is -2.09. The minimum Gasteiger partial charge on any atom is -0.494 e. The molecular formula is C13H18N2O2. The van der Waals surface area contributed by atoms with Gasteiger partial charge in [0.05, 0.1) is 0 Å². The van der Waals surface area contributed by atoms with Crippen LogP contribution in [0.5, 0.6) is 5.88 Å². The molecule has 1 aromatic rings. The number of nitriles is 1. The molecule has 4 nitrogen and oxygen atoms in total. The predicted molar refractivity (Wildman–Crippen MR) is 66.0 cm³/mol. The molecule has 0 amide bonds. The van der Waals surface area contributed by atoms with Gasteiger partial charge >= 0.3 is 0 Å². The summed E-state index contributed by atoms with van der Waals surface area (Å²) in [5.74, 6) is -0.0528. The first kappa shape index (κ1) is 13.3. The third-order valence-electron chi connectivity index (χ3n) is 2.82. The normalized spacial score (nSPS) is 10.2. The molecule has 4 heteroatoms. The minimum absolute atomic E-state index is 0.0528. The van der Waals surface area contributed by atoms with E-state index in [0.717, 1.165) is 25.7 Å². The van der Waals surface area contributed by atoms with E-state index in [-0.39, 0.29) is 17.0 Å². The Hall–Kier alpha value is -1.76. The maximum absolute atomic E-state index is 11.9. The number of hydrogen-bond acceptors (Lipinski definition) is 3. The maximum atomic E-state index is 11.9. The fraction of sp³-hybridized carbons (Fsp3) is 0.538. The van der Waals surface area contributed by atoms with Crippen LogP contribution in [0, 0.1) is 18.3 Å². The van der Waals surface area contributed by atoms with Gasteiger partial charge in [-0.2, -0.15) is 5.26 Å². The largest absolute Gasteiger partial charge is 0.494 e. The Balaban J connectivity index is 2.93. The highest BCUT2D eigenvalue weighted by Crippen LogP contribution is 2.13. The van der Waals surface area contributed by atoms with Crippen molar-refractivity contribution < 1.29 is 5.11 Å². The molecule has 0 saturated carbocycles. The highest BCUT2D eigenvalue weighted by molar-refractivity contribution is 5.37. The molecule has 92 valence electrons. The first-order chi connectivity index (χ1) is 8.11. The smallest absolute Gasteiger partial charge is 0.271 e. The quantitative estimate of drug-likeness (QED) is 0.795. The Morgan fingerprint density at radius 3 is 2.71 bits per heavy atom. The topological polar surface area (TPSA) is 66.0 Å². The van der Waals surface area contributed by atoms with Gasteiger partial charge in [-0.05, 0) is 18.9 Å². The van der Waals surface area contributed by atoms with Gasteiger partial charge in [0, 0.05) is 12.6 Å². The fourth-order valence-electron chi connectivity index (χ4n) is 1.80. The molecule has 0 bridgehead atoms. The van der Waals surface area contributed by atoms with Gasteiger partial charge in [0.25, 0.3) is 5.56 Å². The summed E-state index contributed by atoms with van der Waals surface area (Å²) in [5, 5.41) is 18.6. The molecule has 1 heterocycles. The molecule has 17 heavy (non-hydrogen) atoms. The molecule has 0 saturated heterocycles. The Bertz CT molecular complexity index is 483. The van der Waals surface area contributed by atoms with E-state index in [1.165, 1.54) is 10.6 Å². The van der Waals surface area contributed by atoms with Crippen LogP contribution >= 0.6 is 0 Å². The van der Waals surface area contributed by atoms with E-state index in [2.05, 4.69) is 6.92 Å². The fourth-order valence-corrected chi connectivity index (χ4v) is 1.80. The molecule has 0 aliphatic heterocycles. The van der Waals surface area contributed by atoms with Crippen molar-refractivity contribution in [3.8, 4) is 11.9 Å². The molecular weight excluding hydrogens is 216 g/mol. The van der Waals surface area contributed by atoms with Crippen LogP contribution in [-0.4, -0.2) is 9.67 Å². The number of aryl methyl sites for hydroxylation is 1. The Kier molecular flexibility index (Phi) is 4.77. The average molecular weight is 234 g/mol. The second kappa shape index (κ2) is 6.09. The number of aromatic nitrogens is 1. The predicted octanol–water partition coefficient (Wildman–Crippen LogP) is 2.31. The van der Waals surface area contributed by atoms with Crippen molar-refractivity contribution in [2.24, 2.45) is 0 Å². The van der Waals surface area contributed by atoms with Crippen molar-refractivity contribution >= 4 is 0 Å². The summed E-state index contributed by atoms with van der Waals surface area (Å²) in [4.78, 5) is 11.9. The van der Waals surface area contributed by atoms with Crippen LogP contribution in [-0.2, 0) is 6.54 Å². The highest BCUT2D eigenvalue weighted by atomic mass is 16.3. The first-order valence-corrected chi connectivity index (χ1v) is 5.95. The van der Waals surface area contributed by atoms with E-state index in [4.69, 9.17) is 5.26 Å². The van der Waals surface area contributed by atoms with Crippen LogP contribution in [0.15, 0.2) is 10.9 Å². The Morgan fingerprint density at radius 2 is 2.12 bits per heavy atom. The van der Waals surface area contributed by atoms with Gasteiger partial charge in [-0.1, -0.05) is 26.2 Å². The second-order valence-electron chi connectivity index (χ2n) is 4.19. The van der Waals surface area contributed by atoms with Gasteiger partial charge in [0.1, 0.15) is 11.6 Å². The van der Waals surface area contributed by atoms with Crippen LogP contribution in [0.3, 0.4) is 0 Å². The third-order valence-corrected chi connectivity index (χ3v) is 2.82. The Labute approximate surface area is 101 Å². The van der Waals surface area contributed by atoms with Gasteiger partial charge < -0.3 is 5.11 Å². The molecule has 1 N–H and O–H groups in total. The number of pyridine rings is 1.